The molecule has 0 fully saturated rings. The van der Waals surface area contributed by atoms with Gasteiger partial charge in [-0.05, 0) is 38.1 Å². The van der Waals surface area contributed by atoms with Crippen LogP contribution >= 0.6 is 11.8 Å². The Kier molecular flexibility index (Phi) is 6.44. The normalized spacial score (nSPS) is 12.0. The van der Waals surface area contributed by atoms with Crippen LogP contribution in [0.2, 0.25) is 0 Å². The van der Waals surface area contributed by atoms with Gasteiger partial charge in [-0.3, -0.25) is 23.3 Å². The topological polar surface area (TPSA) is 118 Å². The predicted octanol–water partition coefficient (Wildman–Crippen LogP) is 2.72. The Morgan fingerprint density at radius 1 is 1.03 bits per heavy atom. The summed E-state index contributed by atoms with van der Waals surface area (Å²) >= 11 is 1.05. The molecule has 11 heteroatoms. The molecule has 2 N–H and O–H groups in total. The molecule has 4 aromatic rings. The summed E-state index contributed by atoms with van der Waals surface area (Å²) in [5.41, 5.74) is 6.26. The van der Waals surface area contributed by atoms with E-state index in [0.717, 1.165) is 26.5 Å². The second-order valence-corrected chi connectivity index (χ2v) is 9.36. The van der Waals surface area contributed by atoms with E-state index in [-0.39, 0.29) is 22.8 Å². The number of aryl methyl sites for hydroxylation is 1. The number of anilines is 1. The Morgan fingerprint density at radius 2 is 1.69 bits per heavy atom. The van der Waals surface area contributed by atoms with Crippen LogP contribution in [0, 0.1) is 12.7 Å². The molecule has 0 saturated carbocycles. The fourth-order valence-corrected chi connectivity index (χ4v) is 4.52. The van der Waals surface area contributed by atoms with Crippen molar-refractivity contribution in [2.75, 3.05) is 5.73 Å². The minimum atomic E-state index is -0.815. The van der Waals surface area contributed by atoms with Gasteiger partial charge in [0.05, 0.1) is 10.8 Å². The van der Waals surface area contributed by atoms with Gasteiger partial charge in [-0.2, -0.15) is 0 Å². The quantitative estimate of drug-likeness (QED) is 0.323. The summed E-state index contributed by atoms with van der Waals surface area (Å²) in [5.74, 6) is -0.959. The van der Waals surface area contributed by atoms with Gasteiger partial charge in [0.15, 0.2) is 16.8 Å². The van der Waals surface area contributed by atoms with Crippen molar-refractivity contribution in [3.8, 4) is 17.1 Å². The number of benzene rings is 2. The van der Waals surface area contributed by atoms with Crippen LogP contribution in [0.4, 0.5) is 10.2 Å². The van der Waals surface area contributed by atoms with Gasteiger partial charge in [-0.25, -0.2) is 9.18 Å². The fourth-order valence-electron chi connectivity index (χ4n) is 3.60. The Balaban J connectivity index is 1.80. The molecule has 2 heterocycles. The van der Waals surface area contributed by atoms with E-state index >= 15 is 0 Å². The third-order valence-corrected chi connectivity index (χ3v) is 6.69. The number of thioether (sulfide) groups is 1. The molecule has 0 saturated heterocycles. The summed E-state index contributed by atoms with van der Waals surface area (Å²) in [5, 5.41) is 7.95. The molecular formula is C24H23FN6O3S. The van der Waals surface area contributed by atoms with Gasteiger partial charge >= 0.3 is 5.69 Å². The fraction of sp³-hybridized carbons (Fsp3) is 0.208. The zero-order valence-corrected chi connectivity index (χ0v) is 20.3. The Labute approximate surface area is 204 Å². The summed E-state index contributed by atoms with van der Waals surface area (Å²) in [6.45, 7) is 3.55. The number of nitrogens with two attached hydrogens (primary N) is 1. The molecule has 9 nitrogen and oxygen atoms in total. The maximum atomic E-state index is 14.6. The van der Waals surface area contributed by atoms with E-state index in [9.17, 15) is 18.8 Å². The molecular weight excluding hydrogens is 471 g/mol. The molecule has 4 rings (SSSR count). The van der Waals surface area contributed by atoms with Crippen LogP contribution < -0.4 is 17.0 Å². The van der Waals surface area contributed by atoms with Gasteiger partial charge in [0.25, 0.3) is 5.56 Å². The van der Waals surface area contributed by atoms with Crippen LogP contribution in [0.5, 0.6) is 0 Å². The molecule has 0 radical (unpaired) electrons. The van der Waals surface area contributed by atoms with Crippen LogP contribution in [-0.4, -0.2) is 34.9 Å². The van der Waals surface area contributed by atoms with E-state index in [1.54, 1.807) is 29.7 Å². The zero-order valence-electron chi connectivity index (χ0n) is 19.5. The maximum Gasteiger partial charge on any atom is 0.332 e. The molecule has 0 aliphatic rings. The van der Waals surface area contributed by atoms with Gasteiger partial charge < -0.3 is 5.73 Å². The highest BCUT2D eigenvalue weighted by Crippen LogP contribution is 2.32. The number of aromatic nitrogens is 5. The number of hydrogen-bond donors (Lipinski definition) is 1. The number of carbonyl (C=O) groups is 1. The minimum absolute atomic E-state index is 0.206. The molecule has 0 spiro atoms. The lowest BCUT2D eigenvalue weighted by atomic mass is 10.1. The molecule has 0 aliphatic carbocycles. The molecule has 0 aliphatic heterocycles. The van der Waals surface area contributed by atoms with Gasteiger partial charge in [-0.15, -0.1) is 10.2 Å². The first-order valence-electron chi connectivity index (χ1n) is 10.7. The number of nitrogens with zero attached hydrogens (tertiary/aromatic N) is 5. The van der Waals surface area contributed by atoms with Gasteiger partial charge in [0.1, 0.15) is 17.2 Å². The molecule has 2 aromatic heterocycles. The van der Waals surface area contributed by atoms with E-state index in [0.29, 0.717) is 10.8 Å². The average molecular weight is 495 g/mol. The van der Waals surface area contributed by atoms with Crippen LogP contribution in [-0.2, 0) is 14.1 Å². The number of carbonyl (C=O) groups excluding carboxylic acids is 1. The lowest BCUT2D eigenvalue weighted by molar-refractivity contribution is 0.0992. The van der Waals surface area contributed by atoms with Crippen molar-refractivity contribution >= 4 is 23.4 Å². The van der Waals surface area contributed by atoms with Crippen LogP contribution in [0.1, 0.15) is 22.8 Å². The molecule has 2 aromatic carbocycles. The average Bonchev–Trinajstić information content (AvgIpc) is 3.25. The van der Waals surface area contributed by atoms with Crippen molar-refractivity contribution in [3.05, 3.63) is 86.3 Å². The van der Waals surface area contributed by atoms with Gasteiger partial charge in [-0.1, -0.05) is 41.6 Å². The van der Waals surface area contributed by atoms with E-state index < -0.39 is 28.1 Å². The monoisotopic (exact) mass is 494 g/mol. The van der Waals surface area contributed by atoms with Crippen molar-refractivity contribution in [2.24, 2.45) is 14.1 Å². The summed E-state index contributed by atoms with van der Waals surface area (Å²) in [7, 11) is 2.67. The van der Waals surface area contributed by atoms with Crippen LogP contribution in [0.15, 0.2) is 63.3 Å². The smallest absolute Gasteiger partial charge is 0.332 e. The number of nitrogen functional groups attached to an aromatic ring is 1. The van der Waals surface area contributed by atoms with Crippen LogP contribution in [0.25, 0.3) is 17.1 Å². The molecule has 1 unspecified atom stereocenters. The largest absolute Gasteiger partial charge is 0.384 e. The lowest BCUT2D eigenvalue weighted by Crippen LogP contribution is -2.42. The van der Waals surface area contributed by atoms with Crippen molar-refractivity contribution < 1.29 is 9.18 Å². The summed E-state index contributed by atoms with van der Waals surface area (Å²) in [4.78, 5) is 38.1. The van der Waals surface area contributed by atoms with E-state index in [1.165, 1.54) is 20.2 Å². The van der Waals surface area contributed by atoms with E-state index in [1.807, 2.05) is 31.2 Å². The summed E-state index contributed by atoms with van der Waals surface area (Å²) in [6.07, 6.45) is 0. The SMILES string of the molecule is Cc1ccc(-n2c(SC(C)C(=O)c3c(N)n(C)c(=O)n(C)c3=O)nnc2-c2ccccc2F)cc1. The Bertz CT molecular complexity index is 1560. The summed E-state index contributed by atoms with van der Waals surface area (Å²) < 4.78 is 18.2. The Morgan fingerprint density at radius 3 is 2.34 bits per heavy atom. The number of hydrogen-bond acceptors (Lipinski definition) is 7. The van der Waals surface area contributed by atoms with Crippen LogP contribution in [0.3, 0.4) is 0 Å². The highest BCUT2D eigenvalue weighted by Gasteiger charge is 2.28. The van der Waals surface area contributed by atoms with Crippen molar-refractivity contribution in [3.63, 3.8) is 0 Å². The second-order valence-electron chi connectivity index (χ2n) is 8.05. The summed E-state index contributed by atoms with van der Waals surface area (Å²) in [6, 6.07) is 13.7. The first-order chi connectivity index (χ1) is 16.6. The highest BCUT2D eigenvalue weighted by molar-refractivity contribution is 8.00. The zero-order chi connectivity index (χ0) is 25.4. The number of halogens is 1. The second kappa shape index (κ2) is 9.34. The highest BCUT2D eigenvalue weighted by atomic mass is 32.2. The third-order valence-electron chi connectivity index (χ3n) is 5.65. The number of ketones is 1. The first-order valence-corrected chi connectivity index (χ1v) is 11.5. The Hall–Kier alpha value is -3.99. The lowest BCUT2D eigenvalue weighted by Gasteiger charge is -2.15. The molecule has 0 amide bonds. The molecule has 180 valence electrons. The standard InChI is InChI=1S/C24H23FN6O3S/c1-13-9-11-15(12-10-13)31-21(16-7-5-6-8-17(16)25)27-28-23(31)35-14(2)19(32)18-20(26)29(3)24(34)30(4)22(18)33/h5-12,14H,26H2,1-4H3. The predicted molar refractivity (Wildman–Crippen MR) is 132 cm³/mol. The third kappa shape index (κ3) is 4.30. The molecule has 35 heavy (non-hydrogen) atoms. The van der Waals surface area contributed by atoms with Gasteiger partial charge in [0.2, 0.25) is 0 Å². The van der Waals surface area contributed by atoms with Crippen molar-refractivity contribution in [1.29, 1.82) is 0 Å². The first kappa shape index (κ1) is 24.1. The van der Waals surface area contributed by atoms with E-state index in [2.05, 4.69) is 10.2 Å². The van der Waals surface area contributed by atoms with Crippen molar-refractivity contribution in [1.82, 2.24) is 23.9 Å². The minimum Gasteiger partial charge on any atom is -0.384 e. The van der Waals surface area contributed by atoms with Gasteiger partial charge in [0, 0.05) is 19.8 Å². The molecule has 0 bridgehead atoms. The maximum absolute atomic E-state index is 14.6. The van der Waals surface area contributed by atoms with Crippen molar-refractivity contribution in [2.45, 2.75) is 24.3 Å². The molecule has 1 atom stereocenters. The van der Waals surface area contributed by atoms with E-state index in [4.69, 9.17) is 5.73 Å². The number of rotatable bonds is 6. The number of Topliss-reactive ketones (excluding diaryl/α,β-unsaturated/α-hetero) is 1.